The number of fused-ring (bicyclic) bond motifs is 1. The molecule has 1 aliphatic heterocycles. The van der Waals surface area contributed by atoms with Crippen LogP contribution in [0.15, 0.2) is 30.7 Å². The van der Waals surface area contributed by atoms with E-state index in [1.165, 1.54) is 0 Å². The molecule has 1 aliphatic rings. The van der Waals surface area contributed by atoms with E-state index in [1.807, 2.05) is 36.3 Å². The zero-order chi connectivity index (χ0) is 18.1. The highest BCUT2D eigenvalue weighted by Gasteiger charge is 2.23. The van der Waals surface area contributed by atoms with Gasteiger partial charge in [-0.25, -0.2) is 9.97 Å². The summed E-state index contributed by atoms with van der Waals surface area (Å²) in [5, 5.41) is 19.4. The molecular formula is C18H23N7O. The van der Waals surface area contributed by atoms with E-state index in [-0.39, 0.29) is 0 Å². The van der Waals surface area contributed by atoms with Gasteiger partial charge in [0.1, 0.15) is 6.10 Å². The number of rotatable bonds is 4. The van der Waals surface area contributed by atoms with Gasteiger partial charge < -0.3 is 10.0 Å². The number of aliphatic hydroxyl groups is 1. The fraction of sp³-hybridized carbons (Fsp3) is 0.444. The molecule has 8 heteroatoms. The molecule has 0 aliphatic carbocycles. The van der Waals surface area contributed by atoms with E-state index in [4.69, 9.17) is 0 Å². The van der Waals surface area contributed by atoms with Gasteiger partial charge in [0.25, 0.3) is 0 Å². The van der Waals surface area contributed by atoms with Crippen molar-refractivity contribution in [2.24, 2.45) is 7.05 Å². The minimum atomic E-state index is -0.782. The predicted molar refractivity (Wildman–Crippen MR) is 96.6 cm³/mol. The first-order chi connectivity index (χ1) is 12.7. The quantitative estimate of drug-likeness (QED) is 0.764. The number of anilines is 1. The van der Waals surface area contributed by atoms with Gasteiger partial charge >= 0.3 is 0 Å². The third-order valence-corrected chi connectivity index (χ3v) is 4.83. The Morgan fingerprint density at radius 1 is 1.23 bits per heavy atom. The summed E-state index contributed by atoms with van der Waals surface area (Å²) >= 11 is 0. The van der Waals surface area contributed by atoms with Crippen LogP contribution < -0.4 is 4.90 Å². The Balaban J connectivity index is 1.58. The molecule has 8 nitrogen and oxygen atoms in total. The maximum Gasteiger partial charge on any atom is 0.225 e. The van der Waals surface area contributed by atoms with Crippen LogP contribution in [0.25, 0.3) is 0 Å². The Hall–Kier alpha value is -2.74. The highest BCUT2D eigenvalue weighted by Crippen LogP contribution is 2.24. The van der Waals surface area contributed by atoms with Crippen molar-refractivity contribution in [3.63, 3.8) is 0 Å². The highest BCUT2D eigenvalue weighted by atomic mass is 16.3. The normalized spacial score (nSPS) is 15.6. The minimum absolute atomic E-state index is 0.646. The summed E-state index contributed by atoms with van der Waals surface area (Å²) in [4.78, 5) is 11.2. The second kappa shape index (κ2) is 6.87. The second-order valence-electron chi connectivity index (χ2n) is 6.59. The van der Waals surface area contributed by atoms with Crippen molar-refractivity contribution in [2.45, 2.75) is 39.0 Å². The SMILES string of the molecule is CCc1cnc(N2CCCn3nc([C@@H](O)c4ccnn4C)cc3C2)nc1. The van der Waals surface area contributed by atoms with Crippen LogP contribution in [0.3, 0.4) is 0 Å². The first-order valence-corrected chi connectivity index (χ1v) is 8.94. The summed E-state index contributed by atoms with van der Waals surface area (Å²) in [7, 11) is 1.82. The summed E-state index contributed by atoms with van der Waals surface area (Å²) in [6.07, 6.45) is 6.57. The minimum Gasteiger partial charge on any atom is -0.380 e. The van der Waals surface area contributed by atoms with Gasteiger partial charge in [0, 0.05) is 38.7 Å². The number of aromatic nitrogens is 6. The van der Waals surface area contributed by atoms with E-state index in [1.54, 1.807) is 10.9 Å². The molecule has 26 heavy (non-hydrogen) atoms. The molecule has 0 unspecified atom stereocenters. The standard InChI is InChI=1S/C18H23N7O/c1-3-13-10-19-18(20-11-13)24-7-4-8-25-14(12-24)9-15(22-25)17(26)16-5-6-21-23(16)2/h5-6,9-11,17,26H,3-4,7-8,12H2,1-2H3/t17-/m1/s1. The van der Waals surface area contributed by atoms with E-state index in [9.17, 15) is 5.11 Å². The molecule has 0 aromatic carbocycles. The summed E-state index contributed by atoms with van der Waals surface area (Å²) in [6.45, 7) is 4.47. The van der Waals surface area contributed by atoms with Crippen LogP contribution >= 0.6 is 0 Å². The molecule has 0 fully saturated rings. The third kappa shape index (κ3) is 3.08. The fourth-order valence-electron chi connectivity index (χ4n) is 3.29. The van der Waals surface area contributed by atoms with Crippen LogP contribution in [0.5, 0.6) is 0 Å². The predicted octanol–water partition coefficient (Wildman–Crippen LogP) is 1.46. The molecule has 1 atom stereocenters. The lowest BCUT2D eigenvalue weighted by atomic mass is 10.2. The molecule has 0 saturated carbocycles. The van der Waals surface area contributed by atoms with Gasteiger partial charge in [0.2, 0.25) is 5.95 Å². The molecule has 0 amide bonds. The van der Waals surface area contributed by atoms with Gasteiger partial charge in [-0.15, -0.1) is 0 Å². The number of hydrogen-bond donors (Lipinski definition) is 1. The van der Waals surface area contributed by atoms with Crippen LogP contribution in [0.4, 0.5) is 5.95 Å². The molecule has 3 aromatic rings. The monoisotopic (exact) mass is 353 g/mol. The lowest BCUT2D eigenvalue weighted by Crippen LogP contribution is -2.24. The number of aryl methyl sites for hydroxylation is 3. The molecule has 4 heterocycles. The Kier molecular flexibility index (Phi) is 4.42. The van der Waals surface area contributed by atoms with Crippen LogP contribution in [0.2, 0.25) is 0 Å². The first kappa shape index (κ1) is 16.7. The lowest BCUT2D eigenvalue weighted by Gasteiger charge is -2.19. The summed E-state index contributed by atoms with van der Waals surface area (Å²) in [5.74, 6) is 0.741. The average molecular weight is 353 g/mol. The maximum atomic E-state index is 10.6. The lowest BCUT2D eigenvalue weighted by molar-refractivity contribution is 0.203. The van der Waals surface area contributed by atoms with Gasteiger partial charge in [0.05, 0.1) is 23.6 Å². The summed E-state index contributed by atoms with van der Waals surface area (Å²) < 4.78 is 3.65. The van der Waals surface area contributed by atoms with Gasteiger partial charge in [-0.3, -0.25) is 9.36 Å². The van der Waals surface area contributed by atoms with Crippen LogP contribution in [0, 0.1) is 0 Å². The largest absolute Gasteiger partial charge is 0.380 e. The van der Waals surface area contributed by atoms with Crippen molar-refractivity contribution in [1.29, 1.82) is 0 Å². The molecule has 136 valence electrons. The summed E-state index contributed by atoms with van der Waals surface area (Å²) in [5.41, 5.74) is 3.57. The maximum absolute atomic E-state index is 10.6. The smallest absolute Gasteiger partial charge is 0.225 e. The van der Waals surface area contributed by atoms with Gasteiger partial charge in [-0.2, -0.15) is 10.2 Å². The van der Waals surface area contributed by atoms with Crippen LogP contribution in [-0.2, 0) is 26.6 Å². The molecule has 0 bridgehead atoms. The van der Waals surface area contributed by atoms with Gasteiger partial charge in [-0.1, -0.05) is 6.92 Å². The van der Waals surface area contributed by atoms with E-state index < -0.39 is 6.10 Å². The molecule has 0 spiro atoms. The van der Waals surface area contributed by atoms with Gasteiger partial charge in [0.15, 0.2) is 0 Å². The Bertz CT molecular complexity index is 883. The number of aliphatic hydroxyl groups excluding tert-OH is 1. The van der Waals surface area contributed by atoms with Crippen molar-refractivity contribution in [3.8, 4) is 0 Å². The number of hydrogen-bond acceptors (Lipinski definition) is 6. The molecule has 1 N–H and O–H groups in total. The van der Waals surface area contributed by atoms with E-state index in [0.717, 1.165) is 48.8 Å². The van der Waals surface area contributed by atoms with Crippen molar-refractivity contribution in [3.05, 3.63) is 53.4 Å². The van der Waals surface area contributed by atoms with E-state index in [2.05, 4.69) is 32.0 Å². The molecular weight excluding hydrogens is 330 g/mol. The molecule has 0 saturated heterocycles. The highest BCUT2D eigenvalue weighted by molar-refractivity contribution is 5.33. The molecule has 0 radical (unpaired) electrons. The first-order valence-electron chi connectivity index (χ1n) is 8.94. The Morgan fingerprint density at radius 2 is 2.04 bits per heavy atom. The average Bonchev–Trinajstić information content (AvgIpc) is 3.22. The van der Waals surface area contributed by atoms with Crippen molar-refractivity contribution < 1.29 is 5.11 Å². The Morgan fingerprint density at radius 3 is 2.73 bits per heavy atom. The number of nitrogens with zero attached hydrogens (tertiary/aromatic N) is 7. The van der Waals surface area contributed by atoms with Crippen LogP contribution in [0.1, 0.15) is 42.1 Å². The molecule has 4 rings (SSSR count). The van der Waals surface area contributed by atoms with E-state index >= 15 is 0 Å². The zero-order valence-corrected chi connectivity index (χ0v) is 15.1. The van der Waals surface area contributed by atoms with E-state index in [0.29, 0.717) is 12.2 Å². The fourth-order valence-corrected chi connectivity index (χ4v) is 3.29. The zero-order valence-electron chi connectivity index (χ0n) is 15.1. The van der Waals surface area contributed by atoms with Crippen molar-refractivity contribution in [2.75, 3.05) is 11.4 Å². The van der Waals surface area contributed by atoms with Crippen molar-refractivity contribution >= 4 is 5.95 Å². The third-order valence-electron chi connectivity index (χ3n) is 4.83. The molecule has 3 aromatic heterocycles. The Labute approximate surface area is 152 Å². The topological polar surface area (TPSA) is 84.9 Å². The van der Waals surface area contributed by atoms with Gasteiger partial charge in [-0.05, 0) is 30.5 Å². The second-order valence-corrected chi connectivity index (χ2v) is 6.59. The van der Waals surface area contributed by atoms with Crippen LogP contribution in [-0.4, -0.2) is 41.2 Å². The summed E-state index contributed by atoms with van der Waals surface area (Å²) in [6, 6.07) is 3.78. The van der Waals surface area contributed by atoms with Crippen molar-refractivity contribution in [1.82, 2.24) is 29.5 Å².